The van der Waals surface area contributed by atoms with E-state index in [1.807, 2.05) is 38.1 Å². The van der Waals surface area contributed by atoms with Gasteiger partial charge in [-0.1, -0.05) is 24.3 Å². The van der Waals surface area contributed by atoms with Gasteiger partial charge in [0.15, 0.2) is 0 Å². The van der Waals surface area contributed by atoms with Crippen molar-refractivity contribution in [2.45, 2.75) is 38.7 Å². The van der Waals surface area contributed by atoms with Crippen LogP contribution >= 0.6 is 0 Å². The largest absolute Gasteiger partial charge is 0.573 e. The van der Waals surface area contributed by atoms with E-state index in [4.69, 9.17) is 9.47 Å². The Morgan fingerprint density at radius 1 is 0.868 bits per heavy atom. The van der Waals surface area contributed by atoms with Crippen molar-refractivity contribution in [1.82, 2.24) is 10.2 Å². The number of carbonyl (C=O) groups is 1. The lowest BCUT2D eigenvalue weighted by Crippen LogP contribution is -2.38. The van der Waals surface area contributed by atoms with E-state index in [2.05, 4.69) is 39.2 Å². The summed E-state index contributed by atoms with van der Waals surface area (Å²) in [7, 11) is 0. The molecule has 0 spiro atoms. The van der Waals surface area contributed by atoms with Crippen molar-refractivity contribution in [2.24, 2.45) is 0 Å². The number of amides is 1. The van der Waals surface area contributed by atoms with Gasteiger partial charge in [-0.25, -0.2) is 0 Å². The van der Waals surface area contributed by atoms with Gasteiger partial charge in [0, 0.05) is 24.7 Å². The lowest BCUT2D eigenvalue weighted by Gasteiger charge is -2.29. The predicted molar refractivity (Wildman–Crippen MR) is 138 cm³/mol. The van der Waals surface area contributed by atoms with E-state index >= 15 is 0 Å². The van der Waals surface area contributed by atoms with E-state index in [9.17, 15) is 18.0 Å². The number of halogens is 3. The molecule has 202 valence electrons. The van der Waals surface area contributed by atoms with Gasteiger partial charge in [-0.15, -0.1) is 13.2 Å². The number of benzene rings is 3. The maximum absolute atomic E-state index is 12.8. The molecule has 0 aliphatic carbocycles. The van der Waals surface area contributed by atoms with E-state index in [0.29, 0.717) is 19.8 Å². The van der Waals surface area contributed by atoms with E-state index in [1.165, 1.54) is 12.1 Å². The van der Waals surface area contributed by atoms with E-state index < -0.39 is 6.36 Å². The van der Waals surface area contributed by atoms with Gasteiger partial charge >= 0.3 is 6.36 Å². The van der Waals surface area contributed by atoms with Crippen LogP contribution in [-0.2, 0) is 0 Å². The third kappa shape index (κ3) is 7.19. The van der Waals surface area contributed by atoms with Gasteiger partial charge < -0.3 is 19.5 Å². The molecule has 1 unspecified atom stereocenters. The van der Waals surface area contributed by atoms with Crippen molar-refractivity contribution in [3.05, 3.63) is 89.5 Å². The quantitative estimate of drug-likeness (QED) is 0.351. The number of alkyl halides is 3. The second-order valence-electron chi connectivity index (χ2n) is 8.93. The van der Waals surface area contributed by atoms with E-state index in [1.54, 1.807) is 0 Å². The fourth-order valence-electron chi connectivity index (χ4n) is 4.66. The molecule has 0 bridgehead atoms. The first-order valence-electron chi connectivity index (χ1n) is 12.6. The summed E-state index contributed by atoms with van der Waals surface area (Å²) in [4.78, 5) is 15.1. The highest BCUT2D eigenvalue weighted by Crippen LogP contribution is 2.34. The highest BCUT2D eigenvalue weighted by atomic mass is 19.4. The Morgan fingerprint density at radius 3 is 1.84 bits per heavy atom. The number of carbonyl (C=O) groups excluding carboxylic acids is 1. The standard InChI is InChI=1S/C29H31F3N2O4/c1-3-36-24-11-5-20(6-12-24)27(21-7-13-25(14-8-21)37-4-2)34-18-17-23(19-34)33-28(35)22-9-15-26(16-10-22)38-29(30,31)32/h5-16,23,27H,3-4,17-19H2,1-2H3,(H,33,35). The molecule has 3 aromatic rings. The Morgan fingerprint density at radius 2 is 1.37 bits per heavy atom. The Balaban J connectivity index is 1.47. The Kier molecular flexibility index (Phi) is 8.78. The van der Waals surface area contributed by atoms with Crippen LogP contribution < -0.4 is 19.5 Å². The molecule has 3 aromatic carbocycles. The van der Waals surface area contributed by atoms with Crippen LogP contribution in [0.5, 0.6) is 17.2 Å². The van der Waals surface area contributed by atoms with Crippen molar-refractivity contribution in [2.75, 3.05) is 26.3 Å². The maximum atomic E-state index is 12.8. The van der Waals surface area contributed by atoms with Gasteiger partial charge in [-0.2, -0.15) is 0 Å². The highest BCUT2D eigenvalue weighted by molar-refractivity contribution is 5.94. The fraction of sp³-hybridized carbons (Fsp3) is 0.345. The Hall–Kier alpha value is -3.72. The summed E-state index contributed by atoms with van der Waals surface area (Å²) in [5.41, 5.74) is 2.47. The predicted octanol–water partition coefficient (Wildman–Crippen LogP) is 5.98. The van der Waals surface area contributed by atoms with Crippen LogP contribution in [0.25, 0.3) is 0 Å². The molecular formula is C29H31F3N2O4. The molecule has 1 atom stereocenters. The topological polar surface area (TPSA) is 60.0 Å². The zero-order valence-corrected chi connectivity index (χ0v) is 21.3. The summed E-state index contributed by atoms with van der Waals surface area (Å²) in [6, 6.07) is 20.8. The highest BCUT2D eigenvalue weighted by Gasteiger charge is 2.32. The monoisotopic (exact) mass is 528 g/mol. The zero-order valence-electron chi connectivity index (χ0n) is 21.3. The first-order valence-corrected chi connectivity index (χ1v) is 12.6. The lowest BCUT2D eigenvalue weighted by molar-refractivity contribution is -0.274. The SMILES string of the molecule is CCOc1ccc(C(c2ccc(OCC)cc2)N2CCC(NC(=O)c3ccc(OC(F)(F)F)cc3)C2)cc1. The molecule has 4 rings (SSSR count). The van der Waals surface area contributed by atoms with Crippen molar-refractivity contribution >= 4 is 5.91 Å². The number of ether oxygens (including phenoxy) is 3. The van der Waals surface area contributed by atoms with Crippen LogP contribution in [0.1, 0.15) is 47.8 Å². The maximum Gasteiger partial charge on any atom is 0.573 e. The number of rotatable bonds is 10. The molecule has 0 saturated carbocycles. The summed E-state index contributed by atoms with van der Waals surface area (Å²) in [6.07, 6.45) is -4.04. The average molecular weight is 529 g/mol. The van der Waals surface area contributed by atoms with Crippen LogP contribution in [-0.4, -0.2) is 49.5 Å². The second-order valence-corrected chi connectivity index (χ2v) is 8.93. The molecule has 0 aromatic heterocycles. The number of nitrogens with zero attached hydrogens (tertiary/aromatic N) is 1. The van der Waals surface area contributed by atoms with Crippen LogP contribution in [0.4, 0.5) is 13.2 Å². The van der Waals surface area contributed by atoms with Crippen molar-refractivity contribution in [3.63, 3.8) is 0 Å². The minimum atomic E-state index is -4.78. The van der Waals surface area contributed by atoms with Gasteiger partial charge in [0.2, 0.25) is 0 Å². The minimum Gasteiger partial charge on any atom is -0.494 e. The molecule has 1 aliphatic heterocycles. The summed E-state index contributed by atoms with van der Waals surface area (Å²) in [5.74, 6) is 0.906. The Bertz CT molecular complexity index is 1130. The molecule has 1 amide bonds. The van der Waals surface area contributed by atoms with Gasteiger partial charge in [-0.05, 0) is 79.9 Å². The molecule has 38 heavy (non-hydrogen) atoms. The smallest absolute Gasteiger partial charge is 0.494 e. The molecule has 1 aliphatic rings. The van der Waals surface area contributed by atoms with Crippen LogP contribution in [0.2, 0.25) is 0 Å². The molecule has 1 saturated heterocycles. The summed E-state index contributed by atoms with van der Waals surface area (Å²) < 4.78 is 52.3. The van der Waals surface area contributed by atoms with E-state index in [0.717, 1.165) is 47.7 Å². The first kappa shape index (κ1) is 27.3. The number of nitrogens with one attached hydrogen (secondary N) is 1. The average Bonchev–Trinajstić information content (AvgIpc) is 3.34. The van der Waals surface area contributed by atoms with Gasteiger partial charge in [0.1, 0.15) is 17.2 Å². The number of hydrogen-bond donors (Lipinski definition) is 1. The normalized spacial score (nSPS) is 15.9. The van der Waals surface area contributed by atoms with Crippen molar-refractivity contribution in [1.29, 1.82) is 0 Å². The van der Waals surface area contributed by atoms with Crippen LogP contribution in [0, 0.1) is 0 Å². The molecule has 0 radical (unpaired) electrons. The first-order chi connectivity index (χ1) is 18.3. The molecule has 6 nitrogen and oxygen atoms in total. The lowest BCUT2D eigenvalue weighted by atomic mass is 9.97. The second kappa shape index (κ2) is 12.2. The fourth-order valence-corrected chi connectivity index (χ4v) is 4.66. The van der Waals surface area contributed by atoms with E-state index in [-0.39, 0.29) is 29.3 Å². The molecule has 1 N–H and O–H groups in total. The van der Waals surface area contributed by atoms with Gasteiger partial charge in [0.05, 0.1) is 19.3 Å². The number of likely N-dealkylation sites (tertiary alicyclic amines) is 1. The summed E-state index contributed by atoms with van der Waals surface area (Å²) >= 11 is 0. The molecule has 9 heteroatoms. The third-order valence-electron chi connectivity index (χ3n) is 6.28. The molecule has 1 fully saturated rings. The number of hydrogen-bond acceptors (Lipinski definition) is 5. The van der Waals surface area contributed by atoms with Crippen molar-refractivity contribution < 1.29 is 32.2 Å². The van der Waals surface area contributed by atoms with Gasteiger partial charge in [-0.3, -0.25) is 9.69 Å². The zero-order chi connectivity index (χ0) is 27.1. The van der Waals surface area contributed by atoms with Crippen LogP contribution in [0.3, 0.4) is 0 Å². The molecular weight excluding hydrogens is 497 g/mol. The van der Waals surface area contributed by atoms with Gasteiger partial charge in [0.25, 0.3) is 5.91 Å². The van der Waals surface area contributed by atoms with Crippen molar-refractivity contribution in [3.8, 4) is 17.2 Å². The molecule has 1 heterocycles. The van der Waals surface area contributed by atoms with Crippen LogP contribution in [0.15, 0.2) is 72.8 Å². The Labute approximate surface area is 220 Å². The summed E-state index contributed by atoms with van der Waals surface area (Å²) in [6.45, 7) is 6.45. The minimum absolute atomic E-state index is 0.0398. The summed E-state index contributed by atoms with van der Waals surface area (Å²) in [5, 5.41) is 3.02. The third-order valence-corrected chi connectivity index (χ3v) is 6.28.